The van der Waals surface area contributed by atoms with Gasteiger partial charge in [0, 0.05) is 18.0 Å². The zero-order valence-corrected chi connectivity index (χ0v) is 8.18. The van der Waals surface area contributed by atoms with Gasteiger partial charge in [0.15, 0.2) is 0 Å². The van der Waals surface area contributed by atoms with Gasteiger partial charge in [0.25, 0.3) is 5.88 Å². The third-order valence-electron chi connectivity index (χ3n) is 1.79. The third-order valence-corrected chi connectivity index (χ3v) is 2.75. The largest absolute Gasteiger partial charge is 0.478 e. The zero-order valence-electron chi connectivity index (χ0n) is 7.37. The summed E-state index contributed by atoms with van der Waals surface area (Å²) in [7, 11) is 9.11. The summed E-state index contributed by atoms with van der Waals surface area (Å²) < 4.78 is 6.75. The van der Waals surface area contributed by atoms with Gasteiger partial charge in [-0.1, -0.05) is 0 Å². The molecule has 0 bridgehead atoms. The van der Waals surface area contributed by atoms with E-state index >= 15 is 0 Å². The lowest BCUT2D eigenvalue weighted by molar-refractivity contribution is 0.397. The predicted octanol–water partition coefficient (Wildman–Crippen LogP) is 0.240. The molecule has 2 aromatic rings. The van der Waals surface area contributed by atoms with Crippen LogP contribution in [0.2, 0.25) is 0 Å². The number of nitrogens with zero attached hydrogens (tertiary/aromatic N) is 2. The first-order valence-electron chi connectivity index (χ1n) is 3.75. The van der Waals surface area contributed by atoms with Crippen LogP contribution in [0.4, 0.5) is 5.69 Å². The summed E-state index contributed by atoms with van der Waals surface area (Å²) in [5, 5.41) is 9.06. The van der Waals surface area contributed by atoms with Gasteiger partial charge in [-0.15, -0.1) is 16.4 Å². The van der Waals surface area contributed by atoms with Crippen molar-refractivity contribution in [3.8, 4) is 5.88 Å². The Hall–Kier alpha value is -1.17. The molecule has 13 heavy (non-hydrogen) atoms. The number of hydrogen-bond acceptors (Lipinski definition) is 4. The SMILES string of the molecule is [B]c1csc2c(NC)c(OC)nn12. The van der Waals surface area contributed by atoms with Crippen LogP contribution in [-0.2, 0) is 0 Å². The Kier molecular flexibility index (Phi) is 1.92. The van der Waals surface area contributed by atoms with E-state index < -0.39 is 0 Å². The van der Waals surface area contributed by atoms with Gasteiger partial charge in [0.2, 0.25) is 0 Å². The highest BCUT2D eigenvalue weighted by molar-refractivity contribution is 7.17. The zero-order chi connectivity index (χ0) is 9.42. The van der Waals surface area contributed by atoms with E-state index in [1.165, 1.54) is 11.3 Å². The van der Waals surface area contributed by atoms with Gasteiger partial charge in [0.05, 0.1) is 7.11 Å². The molecule has 0 amide bonds. The average molecular weight is 193 g/mol. The van der Waals surface area contributed by atoms with Crippen LogP contribution in [0, 0.1) is 0 Å². The van der Waals surface area contributed by atoms with Gasteiger partial charge in [-0.05, 0) is 0 Å². The molecular formula is C7H8BN3OS. The minimum atomic E-state index is 0.570. The molecule has 0 fully saturated rings. The highest BCUT2D eigenvalue weighted by atomic mass is 32.1. The van der Waals surface area contributed by atoms with Crippen molar-refractivity contribution >= 4 is 35.3 Å². The Labute approximate surface area is 80.9 Å². The lowest BCUT2D eigenvalue weighted by Gasteiger charge is -1.97. The Morgan fingerprint density at radius 2 is 2.46 bits per heavy atom. The predicted molar refractivity (Wildman–Crippen MR) is 54.6 cm³/mol. The molecule has 66 valence electrons. The van der Waals surface area contributed by atoms with Gasteiger partial charge in [-0.25, -0.2) is 4.52 Å². The first kappa shape index (κ1) is 8.43. The second kappa shape index (κ2) is 2.95. The molecule has 0 saturated carbocycles. The van der Waals surface area contributed by atoms with Crippen LogP contribution in [0.25, 0.3) is 4.83 Å². The van der Waals surface area contributed by atoms with Crippen LogP contribution in [0.1, 0.15) is 0 Å². The van der Waals surface area contributed by atoms with Crippen molar-refractivity contribution in [3.05, 3.63) is 5.38 Å². The first-order valence-corrected chi connectivity index (χ1v) is 4.63. The van der Waals surface area contributed by atoms with Crippen molar-refractivity contribution in [3.63, 3.8) is 0 Å². The number of fused-ring (bicyclic) bond motifs is 1. The van der Waals surface area contributed by atoms with Crippen LogP contribution < -0.4 is 15.6 Å². The molecule has 0 spiro atoms. The molecule has 0 aromatic carbocycles. The number of aromatic nitrogens is 2. The van der Waals surface area contributed by atoms with E-state index in [1.807, 2.05) is 12.4 Å². The fourth-order valence-corrected chi connectivity index (χ4v) is 2.08. The fraction of sp³-hybridized carbons (Fsp3) is 0.286. The maximum Gasteiger partial charge on any atom is 0.258 e. The molecule has 0 aliphatic heterocycles. The Morgan fingerprint density at radius 1 is 1.69 bits per heavy atom. The highest BCUT2D eigenvalue weighted by Crippen LogP contribution is 2.29. The summed E-state index contributed by atoms with van der Waals surface area (Å²) in [6, 6.07) is 0. The van der Waals surface area contributed by atoms with E-state index in [0.717, 1.165) is 10.5 Å². The average Bonchev–Trinajstić information content (AvgIpc) is 2.65. The monoisotopic (exact) mass is 193 g/mol. The highest BCUT2D eigenvalue weighted by Gasteiger charge is 2.13. The third kappa shape index (κ3) is 1.09. The minimum absolute atomic E-state index is 0.570. The molecular weight excluding hydrogens is 185 g/mol. The summed E-state index contributed by atoms with van der Waals surface area (Å²) in [4.78, 5) is 0.969. The summed E-state index contributed by atoms with van der Waals surface area (Å²) in [5.74, 6) is 0.570. The summed E-state index contributed by atoms with van der Waals surface area (Å²) in [6.45, 7) is 0. The van der Waals surface area contributed by atoms with Gasteiger partial charge < -0.3 is 10.1 Å². The number of ether oxygens (including phenoxy) is 1. The summed E-state index contributed by atoms with van der Waals surface area (Å²) in [6.07, 6.45) is 0. The Bertz CT molecular complexity index is 436. The van der Waals surface area contributed by atoms with Gasteiger partial charge >= 0.3 is 0 Å². The number of methoxy groups -OCH3 is 1. The topological polar surface area (TPSA) is 38.6 Å². The van der Waals surface area contributed by atoms with Crippen molar-refractivity contribution in [2.45, 2.75) is 0 Å². The lowest BCUT2D eigenvalue weighted by Crippen LogP contribution is -2.09. The van der Waals surface area contributed by atoms with Gasteiger partial charge in [-0.3, -0.25) is 0 Å². The van der Waals surface area contributed by atoms with Crippen molar-refractivity contribution in [2.24, 2.45) is 0 Å². The minimum Gasteiger partial charge on any atom is -0.478 e. The molecule has 4 nitrogen and oxygen atoms in total. The molecule has 0 aliphatic rings. The number of rotatable bonds is 2. The summed E-state index contributed by atoms with van der Waals surface area (Å²) >= 11 is 1.53. The van der Waals surface area contributed by atoms with Crippen LogP contribution in [0.3, 0.4) is 0 Å². The molecule has 1 N–H and O–H groups in total. The fourth-order valence-electron chi connectivity index (χ4n) is 1.19. The standard InChI is InChI=1S/C7H8BN3OS/c1-9-5-6(12-2)10-11-4(8)3-13-7(5)11/h3,9H,1-2H3. The van der Waals surface area contributed by atoms with E-state index in [0.29, 0.717) is 11.5 Å². The molecule has 0 unspecified atom stereocenters. The van der Waals surface area contributed by atoms with Crippen molar-refractivity contribution < 1.29 is 4.74 Å². The molecule has 2 rings (SSSR count). The number of anilines is 1. The van der Waals surface area contributed by atoms with Crippen molar-refractivity contribution in [2.75, 3.05) is 19.5 Å². The van der Waals surface area contributed by atoms with Crippen LogP contribution in [0.5, 0.6) is 5.88 Å². The van der Waals surface area contributed by atoms with Crippen LogP contribution >= 0.6 is 11.3 Å². The van der Waals surface area contributed by atoms with E-state index in [9.17, 15) is 0 Å². The Balaban J connectivity index is 2.74. The van der Waals surface area contributed by atoms with Gasteiger partial charge in [0.1, 0.15) is 18.4 Å². The first-order chi connectivity index (χ1) is 6.27. The second-order valence-electron chi connectivity index (χ2n) is 2.51. The van der Waals surface area contributed by atoms with Crippen molar-refractivity contribution in [1.82, 2.24) is 9.61 Å². The molecule has 6 heteroatoms. The smallest absolute Gasteiger partial charge is 0.258 e. The maximum atomic E-state index is 5.70. The summed E-state index contributed by atoms with van der Waals surface area (Å²) in [5.41, 5.74) is 1.50. The quantitative estimate of drug-likeness (QED) is 0.694. The van der Waals surface area contributed by atoms with E-state index in [1.54, 1.807) is 11.6 Å². The van der Waals surface area contributed by atoms with E-state index in [-0.39, 0.29) is 0 Å². The molecule has 2 heterocycles. The molecule has 2 aromatic heterocycles. The lowest BCUT2D eigenvalue weighted by atomic mass is 10.1. The molecule has 2 radical (unpaired) electrons. The normalized spacial score (nSPS) is 10.6. The van der Waals surface area contributed by atoms with E-state index in [2.05, 4.69) is 10.4 Å². The van der Waals surface area contributed by atoms with Crippen molar-refractivity contribution in [1.29, 1.82) is 0 Å². The maximum absolute atomic E-state index is 5.70. The van der Waals surface area contributed by atoms with E-state index in [4.69, 9.17) is 12.6 Å². The molecule has 0 atom stereocenters. The Morgan fingerprint density at radius 3 is 3.08 bits per heavy atom. The van der Waals surface area contributed by atoms with Crippen LogP contribution in [-0.4, -0.2) is 31.6 Å². The second-order valence-corrected chi connectivity index (χ2v) is 3.37. The number of hydrogen-bond donors (Lipinski definition) is 1. The van der Waals surface area contributed by atoms with Crippen LogP contribution in [0.15, 0.2) is 5.38 Å². The number of nitrogens with one attached hydrogen (secondary N) is 1. The molecule has 0 aliphatic carbocycles. The molecule has 0 saturated heterocycles. The van der Waals surface area contributed by atoms with Gasteiger partial charge in [-0.2, -0.15) is 0 Å². The number of thiazole rings is 1.